The number of ether oxygens (including phenoxy) is 2. The van der Waals surface area contributed by atoms with Gasteiger partial charge in [-0.25, -0.2) is 0 Å². The van der Waals surface area contributed by atoms with Gasteiger partial charge < -0.3 is 29.9 Å². The molecule has 0 radical (unpaired) electrons. The molecule has 2 rings (SSSR count). The van der Waals surface area contributed by atoms with Crippen LogP contribution in [0.15, 0.2) is 12.1 Å². The van der Waals surface area contributed by atoms with Crippen LogP contribution in [0.4, 0.5) is 0 Å². The standard InChI is InChI=1S/C36H62Cl2O6/c1-3-5-7-9-14-20-29(38)21-15-10-12-18-27-24-31(39)30(23-17-11-16-22-28(37)19-13-8-6-4-2)33(25-27)44-36-35(42)34(41)32(40)26-43-36/h24-25,28-29,32,34-36,39-42H,3-23,26H2,1-2H3/t28-,29-,32+,34-,35+,36+/m0/s1. The molecule has 256 valence electrons. The monoisotopic (exact) mass is 660 g/mol. The molecular weight excluding hydrogens is 599 g/mol. The number of aromatic hydroxyl groups is 1. The summed E-state index contributed by atoms with van der Waals surface area (Å²) in [5.74, 6) is 0.640. The van der Waals surface area contributed by atoms with Crippen LogP contribution in [0.2, 0.25) is 0 Å². The number of aliphatic hydroxyl groups is 3. The molecule has 0 saturated carbocycles. The molecule has 1 aliphatic rings. The number of hydrogen-bond acceptors (Lipinski definition) is 6. The smallest absolute Gasteiger partial charge is 0.228 e. The number of phenols is 1. The van der Waals surface area contributed by atoms with Crippen molar-refractivity contribution in [3.63, 3.8) is 0 Å². The number of rotatable bonds is 25. The molecule has 0 spiro atoms. The second kappa shape index (κ2) is 23.5. The predicted molar refractivity (Wildman–Crippen MR) is 182 cm³/mol. The van der Waals surface area contributed by atoms with E-state index >= 15 is 0 Å². The van der Waals surface area contributed by atoms with E-state index in [0.29, 0.717) is 17.7 Å². The van der Waals surface area contributed by atoms with Gasteiger partial charge in [0.2, 0.25) is 6.29 Å². The summed E-state index contributed by atoms with van der Waals surface area (Å²) in [5.41, 5.74) is 1.63. The number of halogens is 2. The molecular formula is C36H62Cl2O6. The zero-order valence-corrected chi connectivity index (χ0v) is 29.0. The summed E-state index contributed by atoms with van der Waals surface area (Å²) in [4.78, 5) is 0. The minimum atomic E-state index is -1.40. The number of alkyl halides is 2. The first kappa shape index (κ1) is 39.4. The number of unbranched alkanes of at least 4 members (excludes halogenated alkanes) is 11. The van der Waals surface area contributed by atoms with Crippen LogP contribution in [0.3, 0.4) is 0 Å². The van der Waals surface area contributed by atoms with Crippen LogP contribution in [-0.4, -0.2) is 62.4 Å². The SMILES string of the molecule is CCCCCCC[C@H](Cl)CCCCCc1cc(O)c(CCCCC[C@@H](Cl)CCCCCC)c(O[C@H]2OC[C@@H](O)[C@H](O)[C@H]2O)c1. The van der Waals surface area contributed by atoms with E-state index in [-0.39, 0.29) is 23.1 Å². The van der Waals surface area contributed by atoms with Gasteiger partial charge in [0.15, 0.2) is 0 Å². The van der Waals surface area contributed by atoms with Gasteiger partial charge in [0.25, 0.3) is 0 Å². The fourth-order valence-corrected chi connectivity index (χ4v) is 6.58. The summed E-state index contributed by atoms with van der Waals surface area (Å²) >= 11 is 13.1. The Morgan fingerprint density at radius 1 is 0.705 bits per heavy atom. The second-order valence-electron chi connectivity index (χ2n) is 12.9. The molecule has 0 aromatic heterocycles. The molecule has 6 atom stereocenters. The molecule has 1 aromatic carbocycles. The predicted octanol–water partition coefficient (Wildman–Crippen LogP) is 8.96. The van der Waals surface area contributed by atoms with E-state index in [9.17, 15) is 20.4 Å². The van der Waals surface area contributed by atoms with Crippen LogP contribution < -0.4 is 4.74 Å². The first-order valence-corrected chi connectivity index (χ1v) is 18.6. The highest BCUT2D eigenvalue weighted by molar-refractivity contribution is 6.20. The lowest BCUT2D eigenvalue weighted by Gasteiger charge is -2.35. The minimum Gasteiger partial charge on any atom is -0.508 e. The van der Waals surface area contributed by atoms with Crippen molar-refractivity contribution in [3.8, 4) is 11.5 Å². The Kier molecular flexibility index (Phi) is 21.1. The lowest BCUT2D eigenvalue weighted by Crippen LogP contribution is -2.54. The van der Waals surface area contributed by atoms with Crippen molar-refractivity contribution < 1.29 is 29.9 Å². The second-order valence-corrected chi connectivity index (χ2v) is 14.1. The lowest BCUT2D eigenvalue weighted by atomic mass is 9.98. The zero-order chi connectivity index (χ0) is 32.2. The molecule has 6 nitrogen and oxygen atoms in total. The average Bonchev–Trinajstić information content (AvgIpc) is 3.00. The highest BCUT2D eigenvalue weighted by atomic mass is 35.5. The third kappa shape index (κ3) is 15.7. The first-order valence-electron chi connectivity index (χ1n) is 17.7. The van der Waals surface area contributed by atoms with Crippen molar-refractivity contribution in [3.05, 3.63) is 23.3 Å². The van der Waals surface area contributed by atoms with E-state index in [1.54, 1.807) is 0 Å². The molecule has 0 bridgehead atoms. The van der Waals surface area contributed by atoms with Crippen molar-refractivity contribution in [2.75, 3.05) is 6.61 Å². The molecule has 1 heterocycles. The normalized spacial score (nSPS) is 21.8. The van der Waals surface area contributed by atoms with E-state index in [4.69, 9.17) is 32.7 Å². The molecule has 8 heteroatoms. The van der Waals surface area contributed by atoms with Crippen LogP contribution >= 0.6 is 23.2 Å². The first-order chi connectivity index (χ1) is 21.3. The van der Waals surface area contributed by atoms with E-state index in [2.05, 4.69) is 13.8 Å². The van der Waals surface area contributed by atoms with Gasteiger partial charge in [0, 0.05) is 16.3 Å². The van der Waals surface area contributed by atoms with Gasteiger partial charge in [-0.1, -0.05) is 97.3 Å². The van der Waals surface area contributed by atoms with Gasteiger partial charge in [-0.2, -0.15) is 0 Å². The maximum atomic E-state index is 11.0. The summed E-state index contributed by atoms with van der Waals surface area (Å²) < 4.78 is 11.6. The molecule has 0 aliphatic carbocycles. The molecule has 0 unspecified atom stereocenters. The van der Waals surface area contributed by atoms with E-state index in [1.165, 1.54) is 57.8 Å². The highest BCUT2D eigenvalue weighted by Crippen LogP contribution is 2.34. The van der Waals surface area contributed by atoms with Gasteiger partial charge in [-0.15, -0.1) is 23.2 Å². The number of aliphatic hydroxyl groups excluding tert-OH is 3. The van der Waals surface area contributed by atoms with E-state index in [0.717, 1.165) is 76.2 Å². The number of aryl methyl sites for hydroxylation is 1. The zero-order valence-electron chi connectivity index (χ0n) is 27.5. The van der Waals surface area contributed by atoms with Crippen LogP contribution in [0.25, 0.3) is 0 Å². The molecule has 1 aromatic rings. The molecule has 0 amide bonds. The van der Waals surface area contributed by atoms with Crippen LogP contribution in [0.1, 0.15) is 147 Å². The van der Waals surface area contributed by atoms with Gasteiger partial charge in [0.1, 0.15) is 29.8 Å². The molecule has 1 fully saturated rings. The number of phenolic OH excluding ortho intramolecular Hbond substituents is 1. The Hall–Kier alpha value is -0.760. The van der Waals surface area contributed by atoms with E-state index in [1.807, 2.05) is 12.1 Å². The van der Waals surface area contributed by atoms with Crippen LogP contribution in [0.5, 0.6) is 11.5 Å². The highest BCUT2D eigenvalue weighted by Gasteiger charge is 2.39. The van der Waals surface area contributed by atoms with Crippen molar-refractivity contribution in [2.45, 2.75) is 184 Å². The molecule has 1 saturated heterocycles. The summed E-state index contributed by atoms with van der Waals surface area (Å²) in [7, 11) is 0. The lowest BCUT2D eigenvalue weighted by molar-refractivity contribution is -0.242. The summed E-state index contributed by atoms with van der Waals surface area (Å²) in [6.45, 7) is 4.31. The summed E-state index contributed by atoms with van der Waals surface area (Å²) in [6, 6.07) is 3.75. The quantitative estimate of drug-likeness (QED) is 0.0617. The van der Waals surface area contributed by atoms with Gasteiger partial charge in [-0.3, -0.25) is 0 Å². The van der Waals surface area contributed by atoms with Gasteiger partial charge in [-0.05, 0) is 69.1 Å². The third-order valence-electron chi connectivity index (χ3n) is 8.86. The number of hydrogen-bond donors (Lipinski definition) is 4. The summed E-state index contributed by atoms with van der Waals surface area (Å²) in [6.07, 6.45) is 17.9. The Bertz CT molecular complexity index is 871. The largest absolute Gasteiger partial charge is 0.508 e. The fourth-order valence-electron chi connectivity index (χ4n) is 5.96. The maximum Gasteiger partial charge on any atom is 0.228 e. The average molecular weight is 662 g/mol. The minimum absolute atomic E-state index is 0.137. The molecule has 44 heavy (non-hydrogen) atoms. The Morgan fingerprint density at radius 3 is 1.77 bits per heavy atom. The molecule has 1 aliphatic heterocycles. The molecule has 4 N–H and O–H groups in total. The van der Waals surface area contributed by atoms with Gasteiger partial charge in [0.05, 0.1) is 6.61 Å². The van der Waals surface area contributed by atoms with Crippen molar-refractivity contribution in [1.82, 2.24) is 0 Å². The van der Waals surface area contributed by atoms with Crippen molar-refractivity contribution >= 4 is 23.2 Å². The van der Waals surface area contributed by atoms with Crippen molar-refractivity contribution in [2.24, 2.45) is 0 Å². The Balaban J connectivity index is 1.89. The third-order valence-corrected chi connectivity index (χ3v) is 9.73. The fraction of sp³-hybridized carbons (Fsp3) is 0.833. The van der Waals surface area contributed by atoms with Gasteiger partial charge >= 0.3 is 0 Å². The maximum absolute atomic E-state index is 11.0. The summed E-state index contributed by atoms with van der Waals surface area (Å²) in [5, 5.41) is 42.0. The van der Waals surface area contributed by atoms with Crippen LogP contribution in [-0.2, 0) is 17.6 Å². The Labute approximate surface area is 277 Å². The van der Waals surface area contributed by atoms with Crippen LogP contribution in [0, 0.1) is 0 Å². The Morgan fingerprint density at radius 2 is 1.20 bits per heavy atom. The topological polar surface area (TPSA) is 99.4 Å². The van der Waals surface area contributed by atoms with E-state index < -0.39 is 24.6 Å². The van der Waals surface area contributed by atoms with Crippen molar-refractivity contribution in [1.29, 1.82) is 0 Å². The number of benzene rings is 1.